The molecule has 2 aliphatic heterocycles. The van der Waals surface area contributed by atoms with E-state index < -0.39 is 0 Å². The van der Waals surface area contributed by atoms with Crippen LogP contribution in [-0.2, 0) is 0 Å². The van der Waals surface area contributed by atoms with E-state index in [1.165, 1.54) is 16.8 Å². The summed E-state index contributed by atoms with van der Waals surface area (Å²) in [5.41, 5.74) is 3.66. The van der Waals surface area contributed by atoms with Crippen LogP contribution in [0.5, 0.6) is 17.2 Å². The predicted octanol–water partition coefficient (Wildman–Crippen LogP) is 5.55. The molecule has 0 spiro atoms. The molecule has 1 fully saturated rings. The fourth-order valence-corrected chi connectivity index (χ4v) is 4.51. The Bertz CT molecular complexity index is 1040. The Morgan fingerprint density at radius 2 is 1.74 bits per heavy atom. The third-order valence-corrected chi connectivity index (χ3v) is 6.24. The van der Waals surface area contributed by atoms with Crippen LogP contribution < -0.4 is 19.1 Å². The number of hydrogen-bond donors (Lipinski definition) is 0. The first kappa shape index (κ1) is 19.7. The minimum Gasteiger partial charge on any atom is -0.493 e. The summed E-state index contributed by atoms with van der Waals surface area (Å²) >= 11 is 0. The van der Waals surface area contributed by atoms with Crippen molar-refractivity contribution in [3.63, 3.8) is 0 Å². The van der Waals surface area contributed by atoms with Crippen LogP contribution >= 0.6 is 0 Å². The zero-order valence-corrected chi connectivity index (χ0v) is 17.6. The van der Waals surface area contributed by atoms with Crippen LogP contribution in [-0.4, -0.2) is 26.5 Å². The number of hydrogen-bond acceptors (Lipinski definition) is 4. The van der Waals surface area contributed by atoms with Gasteiger partial charge in [-0.25, -0.2) is 4.39 Å². The highest BCUT2D eigenvalue weighted by Crippen LogP contribution is 2.38. The van der Waals surface area contributed by atoms with Crippen LogP contribution in [0.25, 0.3) is 0 Å². The molecule has 2 heterocycles. The standard InChI is InChI=1S/C26H26FNO3/c1-18-2-8-22(9-3-18)28-13-12-24(19-4-6-21(27)7-5-19)20(15-28)16-29-23-10-11-25-26(14-23)31-17-30-25/h2-11,14,20,24H,12-13,15-17H2,1H3/t20-,24-/m0/s1. The Labute approximate surface area is 182 Å². The summed E-state index contributed by atoms with van der Waals surface area (Å²) in [4.78, 5) is 2.42. The van der Waals surface area contributed by atoms with Gasteiger partial charge in [-0.1, -0.05) is 29.8 Å². The van der Waals surface area contributed by atoms with Crippen molar-refractivity contribution in [3.05, 3.63) is 83.7 Å². The van der Waals surface area contributed by atoms with Gasteiger partial charge in [0.15, 0.2) is 11.5 Å². The smallest absolute Gasteiger partial charge is 0.231 e. The molecule has 0 saturated carbocycles. The van der Waals surface area contributed by atoms with Gasteiger partial charge in [-0.15, -0.1) is 0 Å². The first-order valence-corrected chi connectivity index (χ1v) is 10.8. The number of halogens is 1. The molecule has 0 amide bonds. The molecule has 1 saturated heterocycles. The second-order valence-electron chi connectivity index (χ2n) is 8.31. The molecule has 0 radical (unpaired) electrons. The zero-order chi connectivity index (χ0) is 21.2. The molecular formula is C26H26FNO3. The zero-order valence-electron chi connectivity index (χ0n) is 17.6. The van der Waals surface area contributed by atoms with Crippen molar-refractivity contribution in [3.8, 4) is 17.2 Å². The Morgan fingerprint density at radius 1 is 0.968 bits per heavy atom. The molecule has 0 aromatic heterocycles. The second-order valence-corrected chi connectivity index (χ2v) is 8.31. The maximum Gasteiger partial charge on any atom is 0.231 e. The topological polar surface area (TPSA) is 30.9 Å². The van der Waals surface area contributed by atoms with Gasteiger partial charge in [0.2, 0.25) is 6.79 Å². The lowest BCUT2D eigenvalue weighted by molar-refractivity contribution is 0.173. The molecule has 2 atom stereocenters. The van der Waals surface area contributed by atoms with Crippen molar-refractivity contribution in [1.82, 2.24) is 0 Å². The Morgan fingerprint density at radius 3 is 2.55 bits per heavy atom. The summed E-state index contributed by atoms with van der Waals surface area (Å²) in [7, 11) is 0. The van der Waals surface area contributed by atoms with Crippen molar-refractivity contribution in [2.45, 2.75) is 19.3 Å². The van der Waals surface area contributed by atoms with Gasteiger partial charge in [0, 0.05) is 30.8 Å². The third-order valence-electron chi connectivity index (χ3n) is 6.24. The number of ether oxygens (including phenoxy) is 3. The largest absolute Gasteiger partial charge is 0.493 e. The number of nitrogens with zero attached hydrogens (tertiary/aromatic N) is 1. The van der Waals surface area contributed by atoms with Gasteiger partial charge >= 0.3 is 0 Å². The molecule has 3 aromatic rings. The lowest BCUT2D eigenvalue weighted by Crippen LogP contribution is -2.42. The summed E-state index contributed by atoms with van der Waals surface area (Å²) in [5, 5.41) is 0. The fraction of sp³-hybridized carbons (Fsp3) is 0.308. The summed E-state index contributed by atoms with van der Waals surface area (Å²) < 4.78 is 30.6. The van der Waals surface area contributed by atoms with Gasteiger partial charge in [-0.2, -0.15) is 0 Å². The molecular weight excluding hydrogens is 393 g/mol. The first-order chi connectivity index (χ1) is 15.2. The Hall–Kier alpha value is -3.21. The van der Waals surface area contributed by atoms with Crippen LogP contribution in [0.1, 0.15) is 23.5 Å². The summed E-state index contributed by atoms with van der Waals surface area (Å²) in [6, 6.07) is 21.3. The minimum atomic E-state index is -0.200. The van der Waals surface area contributed by atoms with Gasteiger partial charge in [-0.05, 0) is 61.2 Å². The van der Waals surface area contributed by atoms with Crippen LogP contribution in [0.15, 0.2) is 66.7 Å². The van der Waals surface area contributed by atoms with Gasteiger partial charge in [0.25, 0.3) is 0 Å². The number of piperidine rings is 1. The van der Waals surface area contributed by atoms with Gasteiger partial charge < -0.3 is 19.1 Å². The normalized spacial score (nSPS) is 20.0. The highest BCUT2D eigenvalue weighted by Gasteiger charge is 2.31. The van der Waals surface area contributed by atoms with Crippen LogP contribution in [0.3, 0.4) is 0 Å². The lowest BCUT2D eigenvalue weighted by atomic mass is 9.80. The van der Waals surface area contributed by atoms with E-state index in [4.69, 9.17) is 14.2 Å². The molecule has 160 valence electrons. The molecule has 5 rings (SSSR count). The molecule has 0 aliphatic carbocycles. The van der Waals surface area contributed by atoms with Crippen molar-refractivity contribution in [2.75, 3.05) is 31.4 Å². The van der Waals surface area contributed by atoms with Crippen LogP contribution in [0.2, 0.25) is 0 Å². The Balaban J connectivity index is 1.35. The van der Waals surface area contributed by atoms with Gasteiger partial charge in [0.05, 0.1) is 6.61 Å². The molecule has 0 bridgehead atoms. The maximum absolute atomic E-state index is 13.5. The lowest BCUT2D eigenvalue weighted by Gasteiger charge is -2.40. The molecule has 31 heavy (non-hydrogen) atoms. The van der Waals surface area contributed by atoms with E-state index in [0.29, 0.717) is 12.5 Å². The summed E-state index contributed by atoms with van der Waals surface area (Å²) in [5.74, 6) is 2.63. The van der Waals surface area contributed by atoms with E-state index in [0.717, 1.165) is 36.8 Å². The minimum absolute atomic E-state index is 0.200. The number of aryl methyl sites for hydroxylation is 1. The number of rotatable bonds is 5. The van der Waals surface area contributed by atoms with Crippen molar-refractivity contribution in [2.24, 2.45) is 5.92 Å². The highest BCUT2D eigenvalue weighted by atomic mass is 19.1. The predicted molar refractivity (Wildman–Crippen MR) is 119 cm³/mol. The average molecular weight is 419 g/mol. The van der Waals surface area contributed by atoms with E-state index in [2.05, 4.69) is 36.1 Å². The van der Waals surface area contributed by atoms with Crippen LogP contribution in [0.4, 0.5) is 10.1 Å². The van der Waals surface area contributed by atoms with E-state index >= 15 is 0 Å². The molecule has 5 heteroatoms. The van der Waals surface area contributed by atoms with Crippen molar-refractivity contribution >= 4 is 5.69 Å². The molecule has 2 aliphatic rings. The molecule has 0 unspecified atom stereocenters. The summed E-state index contributed by atoms with van der Waals surface area (Å²) in [6.45, 7) is 4.78. The molecule has 3 aromatic carbocycles. The first-order valence-electron chi connectivity index (χ1n) is 10.8. The maximum atomic E-state index is 13.5. The average Bonchev–Trinajstić information content (AvgIpc) is 3.27. The second kappa shape index (κ2) is 8.50. The molecule has 0 N–H and O–H groups in total. The van der Waals surface area contributed by atoms with E-state index in [-0.39, 0.29) is 18.5 Å². The van der Waals surface area contributed by atoms with Gasteiger partial charge in [-0.3, -0.25) is 0 Å². The van der Waals surface area contributed by atoms with Crippen molar-refractivity contribution in [1.29, 1.82) is 0 Å². The number of benzene rings is 3. The van der Waals surface area contributed by atoms with Crippen LogP contribution in [0, 0.1) is 18.7 Å². The molecule has 4 nitrogen and oxygen atoms in total. The van der Waals surface area contributed by atoms with E-state index in [9.17, 15) is 4.39 Å². The summed E-state index contributed by atoms with van der Waals surface area (Å²) in [6.07, 6.45) is 0.995. The van der Waals surface area contributed by atoms with E-state index in [1.54, 1.807) is 12.1 Å². The monoisotopic (exact) mass is 419 g/mol. The Kier molecular flexibility index (Phi) is 5.41. The van der Waals surface area contributed by atoms with Gasteiger partial charge in [0.1, 0.15) is 11.6 Å². The highest BCUT2D eigenvalue weighted by molar-refractivity contribution is 5.49. The number of fused-ring (bicyclic) bond motifs is 1. The fourth-order valence-electron chi connectivity index (χ4n) is 4.51. The third kappa shape index (κ3) is 4.31. The number of anilines is 1. The van der Waals surface area contributed by atoms with E-state index in [1.807, 2.05) is 30.3 Å². The SMILES string of the molecule is Cc1ccc(N2CC[C@@H](c3ccc(F)cc3)[C@H](COc3ccc4c(c3)OCO4)C2)cc1. The van der Waals surface area contributed by atoms with Crippen molar-refractivity contribution < 1.29 is 18.6 Å². The quantitative estimate of drug-likeness (QED) is 0.542.